The molecule has 1 aromatic heterocycles. The van der Waals surface area contributed by atoms with E-state index in [0.29, 0.717) is 11.7 Å². The van der Waals surface area contributed by atoms with Gasteiger partial charge in [0.25, 0.3) is 0 Å². The summed E-state index contributed by atoms with van der Waals surface area (Å²) in [6.45, 7) is 2.41. The van der Waals surface area contributed by atoms with Crippen molar-refractivity contribution in [3.63, 3.8) is 0 Å². The summed E-state index contributed by atoms with van der Waals surface area (Å²) >= 11 is 0. The highest BCUT2D eigenvalue weighted by molar-refractivity contribution is 6.05. The molecule has 0 spiro atoms. The molecule has 1 saturated heterocycles. The van der Waals surface area contributed by atoms with E-state index in [9.17, 15) is 9.59 Å². The quantitative estimate of drug-likeness (QED) is 0.819. The Hall–Kier alpha value is -1.65. The lowest BCUT2D eigenvalue weighted by atomic mass is 10.00. The lowest BCUT2D eigenvalue weighted by molar-refractivity contribution is -0.141. The first-order valence-electron chi connectivity index (χ1n) is 6.54. The number of fused-ring (bicyclic) bond motifs is 1. The van der Waals surface area contributed by atoms with E-state index < -0.39 is 0 Å². The second-order valence-electron chi connectivity index (χ2n) is 5.26. The average molecular weight is 247 g/mol. The molecule has 2 atom stereocenters. The Morgan fingerprint density at radius 1 is 1.33 bits per heavy atom. The van der Waals surface area contributed by atoms with Crippen LogP contribution in [0.2, 0.25) is 0 Å². The summed E-state index contributed by atoms with van der Waals surface area (Å²) in [7, 11) is 0. The number of likely N-dealkylation sites (tertiary alicyclic amines) is 1. The van der Waals surface area contributed by atoms with E-state index in [1.807, 2.05) is 0 Å². The zero-order valence-electron chi connectivity index (χ0n) is 10.4. The normalized spacial score (nSPS) is 31.2. The molecule has 1 N–H and O–H groups in total. The first-order chi connectivity index (χ1) is 8.70. The number of nitrogens with zero attached hydrogens (tertiary/aromatic N) is 2. The van der Waals surface area contributed by atoms with Gasteiger partial charge in [0.2, 0.25) is 11.8 Å². The smallest absolute Gasteiger partial charge is 0.233 e. The number of aromatic nitrogens is 2. The van der Waals surface area contributed by atoms with Crippen molar-refractivity contribution in [2.24, 2.45) is 17.8 Å². The summed E-state index contributed by atoms with van der Waals surface area (Å²) in [5.41, 5.74) is 0. The average Bonchev–Trinajstić information content (AvgIpc) is 3.06. The third kappa shape index (κ3) is 1.65. The number of hydrogen-bond acceptors (Lipinski definition) is 3. The van der Waals surface area contributed by atoms with Crippen LogP contribution in [0.1, 0.15) is 32.0 Å². The maximum atomic E-state index is 12.2. The van der Waals surface area contributed by atoms with Crippen LogP contribution in [0, 0.1) is 17.8 Å². The summed E-state index contributed by atoms with van der Waals surface area (Å²) in [6, 6.07) is 0. The van der Waals surface area contributed by atoms with Gasteiger partial charge < -0.3 is 4.98 Å². The van der Waals surface area contributed by atoms with Crippen LogP contribution in [0.5, 0.6) is 0 Å². The Morgan fingerprint density at radius 3 is 2.50 bits per heavy atom. The van der Waals surface area contributed by atoms with E-state index in [2.05, 4.69) is 16.9 Å². The van der Waals surface area contributed by atoms with Gasteiger partial charge in [-0.15, -0.1) is 0 Å². The van der Waals surface area contributed by atoms with Crippen molar-refractivity contribution in [3.05, 3.63) is 18.2 Å². The van der Waals surface area contributed by atoms with Crippen LogP contribution in [0.3, 0.4) is 0 Å². The Balaban J connectivity index is 1.76. The van der Waals surface area contributed by atoms with E-state index >= 15 is 0 Å². The number of rotatable bonds is 3. The highest BCUT2D eigenvalue weighted by Gasteiger charge is 2.52. The maximum Gasteiger partial charge on any atom is 0.233 e. The number of aromatic amines is 1. The van der Waals surface area contributed by atoms with Gasteiger partial charge in [-0.05, 0) is 18.8 Å². The van der Waals surface area contributed by atoms with Crippen molar-refractivity contribution in [2.45, 2.75) is 32.7 Å². The lowest BCUT2D eigenvalue weighted by Gasteiger charge is -2.16. The van der Waals surface area contributed by atoms with Crippen LogP contribution in [0.25, 0.3) is 0 Å². The summed E-state index contributed by atoms with van der Waals surface area (Å²) < 4.78 is 0. The minimum Gasteiger partial charge on any atom is -0.347 e. The molecule has 2 heterocycles. The van der Waals surface area contributed by atoms with Crippen LogP contribution >= 0.6 is 0 Å². The maximum absolute atomic E-state index is 12.2. The zero-order chi connectivity index (χ0) is 12.7. The monoisotopic (exact) mass is 247 g/mol. The first kappa shape index (κ1) is 11.4. The zero-order valence-corrected chi connectivity index (χ0v) is 10.4. The number of H-pyrrole nitrogens is 1. The molecule has 0 aromatic carbocycles. The fourth-order valence-corrected chi connectivity index (χ4v) is 3.22. The van der Waals surface area contributed by atoms with Gasteiger partial charge in [0, 0.05) is 12.4 Å². The number of imide groups is 1. The first-order valence-corrected chi connectivity index (χ1v) is 6.54. The number of carbonyl (C=O) groups is 2. The molecule has 18 heavy (non-hydrogen) atoms. The molecule has 0 radical (unpaired) electrons. The number of imidazole rings is 1. The molecular formula is C13H17N3O2. The molecule has 2 amide bonds. The van der Waals surface area contributed by atoms with E-state index in [4.69, 9.17) is 0 Å². The SMILES string of the molecule is CCC1CC2C(=O)N(Cc3ncc[nH]3)C(=O)C2C1. The second kappa shape index (κ2) is 4.23. The van der Waals surface area contributed by atoms with Crippen LogP contribution in [-0.4, -0.2) is 26.7 Å². The highest BCUT2D eigenvalue weighted by atomic mass is 16.2. The van der Waals surface area contributed by atoms with Crippen molar-refractivity contribution in [1.82, 2.24) is 14.9 Å². The Labute approximate surface area is 106 Å². The number of nitrogens with one attached hydrogen (secondary N) is 1. The summed E-state index contributed by atoms with van der Waals surface area (Å²) in [4.78, 5) is 32.9. The predicted molar refractivity (Wildman–Crippen MR) is 64.1 cm³/mol. The fraction of sp³-hybridized carbons (Fsp3) is 0.615. The molecular weight excluding hydrogens is 230 g/mol. The van der Waals surface area contributed by atoms with E-state index in [-0.39, 0.29) is 30.2 Å². The fourth-order valence-electron chi connectivity index (χ4n) is 3.22. The van der Waals surface area contributed by atoms with Crippen LogP contribution < -0.4 is 0 Å². The third-order valence-electron chi connectivity index (χ3n) is 4.27. The summed E-state index contributed by atoms with van der Waals surface area (Å²) in [6.07, 6.45) is 6.15. The minimum absolute atomic E-state index is 0.00245. The van der Waals surface area contributed by atoms with Crippen molar-refractivity contribution < 1.29 is 9.59 Å². The summed E-state index contributed by atoms with van der Waals surface area (Å²) in [5, 5.41) is 0. The molecule has 5 heteroatoms. The van der Waals surface area contributed by atoms with Crippen molar-refractivity contribution in [1.29, 1.82) is 0 Å². The molecule has 1 saturated carbocycles. The number of amides is 2. The third-order valence-corrected chi connectivity index (χ3v) is 4.27. The number of hydrogen-bond donors (Lipinski definition) is 1. The summed E-state index contributed by atoms with van der Waals surface area (Å²) in [5.74, 6) is 1.06. The highest BCUT2D eigenvalue weighted by Crippen LogP contribution is 2.44. The van der Waals surface area contributed by atoms with E-state index in [1.165, 1.54) is 4.90 Å². The standard InChI is InChI=1S/C13H17N3O2/c1-2-8-5-9-10(6-8)13(18)16(12(9)17)7-11-14-3-4-15-11/h3-4,8-10H,2,5-7H2,1H3,(H,14,15). The van der Waals surface area contributed by atoms with E-state index in [0.717, 1.165) is 19.3 Å². The van der Waals surface area contributed by atoms with Crippen molar-refractivity contribution in [3.8, 4) is 0 Å². The molecule has 1 aliphatic carbocycles. The van der Waals surface area contributed by atoms with Gasteiger partial charge >= 0.3 is 0 Å². The molecule has 2 fully saturated rings. The van der Waals surface area contributed by atoms with Crippen molar-refractivity contribution in [2.75, 3.05) is 0 Å². The Bertz CT molecular complexity index is 445. The van der Waals surface area contributed by atoms with Crippen LogP contribution in [0.4, 0.5) is 0 Å². The van der Waals surface area contributed by atoms with Crippen molar-refractivity contribution >= 4 is 11.8 Å². The van der Waals surface area contributed by atoms with Gasteiger partial charge in [-0.25, -0.2) is 4.98 Å². The molecule has 0 bridgehead atoms. The van der Waals surface area contributed by atoms with Gasteiger partial charge in [0.15, 0.2) is 0 Å². The van der Waals surface area contributed by atoms with Gasteiger partial charge in [-0.2, -0.15) is 0 Å². The second-order valence-corrected chi connectivity index (χ2v) is 5.26. The van der Waals surface area contributed by atoms with Gasteiger partial charge in [0.05, 0.1) is 18.4 Å². The topological polar surface area (TPSA) is 66.1 Å². The lowest BCUT2D eigenvalue weighted by Crippen LogP contribution is -2.32. The van der Waals surface area contributed by atoms with Gasteiger partial charge in [0.1, 0.15) is 5.82 Å². The molecule has 3 rings (SSSR count). The Morgan fingerprint density at radius 2 is 2.00 bits per heavy atom. The molecule has 5 nitrogen and oxygen atoms in total. The van der Waals surface area contributed by atoms with E-state index in [1.54, 1.807) is 12.4 Å². The largest absolute Gasteiger partial charge is 0.347 e. The molecule has 1 aliphatic heterocycles. The predicted octanol–water partition coefficient (Wildman–Crippen LogP) is 1.33. The molecule has 2 unspecified atom stereocenters. The molecule has 2 aliphatic rings. The van der Waals surface area contributed by atoms with Crippen LogP contribution in [0.15, 0.2) is 12.4 Å². The minimum atomic E-state index is -0.0718. The molecule has 1 aromatic rings. The van der Waals surface area contributed by atoms with Crippen LogP contribution in [-0.2, 0) is 16.1 Å². The Kier molecular flexibility index (Phi) is 2.69. The van der Waals surface area contributed by atoms with Gasteiger partial charge in [-0.3, -0.25) is 14.5 Å². The van der Waals surface area contributed by atoms with Gasteiger partial charge in [-0.1, -0.05) is 13.3 Å². The number of carbonyl (C=O) groups excluding carboxylic acids is 2. The molecule has 96 valence electrons.